The van der Waals surface area contributed by atoms with E-state index >= 15 is 0 Å². The summed E-state index contributed by atoms with van der Waals surface area (Å²) in [5, 5.41) is 2.97. The first-order valence-corrected chi connectivity index (χ1v) is 13.4. The van der Waals surface area contributed by atoms with Gasteiger partial charge in [-0.25, -0.2) is 9.97 Å². The molecular formula is C24H23Cl2N5S2. The fourth-order valence-electron chi connectivity index (χ4n) is 5.20. The first-order valence-electron chi connectivity index (χ1n) is 11.0. The molecule has 9 heteroatoms. The number of benzene rings is 2. The van der Waals surface area contributed by atoms with Crippen molar-refractivity contribution in [2.45, 2.75) is 25.3 Å². The topological polar surface area (TPSA) is 58.3 Å². The van der Waals surface area contributed by atoms with Gasteiger partial charge < -0.3 is 15.5 Å². The number of thiazole rings is 2. The average molecular weight is 517 g/mol. The van der Waals surface area contributed by atoms with Gasteiger partial charge in [0.2, 0.25) is 0 Å². The van der Waals surface area contributed by atoms with Gasteiger partial charge in [0.1, 0.15) is 0 Å². The molecule has 2 aromatic heterocycles. The fourth-order valence-corrected chi connectivity index (χ4v) is 7.69. The van der Waals surface area contributed by atoms with Crippen LogP contribution in [0.1, 0.15) is 30.0 Å². The van der Waals surface area contributed by atoms with Crippen LogP contribution in [0.3, 0.4) is 0 Å². The lowest BCUT2D eigenvalue weighted by molar-refractivity contribution is 0.187. The molecule has 1 saturated heterocycles. The minimum absolute atomic E-state index is 0.133. The Kier molecular flexibility index (Phi) is 5.31. The molecule has 1 spiro atoms. The summed E-state index contributed by atoms with van der Waals surface area (Å²) in [6, 6.07) is 14.4. The summed E-state index contributed by atoms with van der Waals surface area (Å²) in [4.78, 5) is 16.1. The van der Waals surface area contributed by atoms with Gasteiger partial charge in [-0.3, -0.25) is 0 Å². The highest BCUT2D eigenvalue weighted by Gasteiger charge is 2.46. The first-order chi connectivity index (χ1) is 15.9. The number of nitrogens with two attached hydrogens (primary N) is 1. The Morgan fingerprint density at radius 2 is 1.79 bits per heavy atom. The SMILES string of the molecule is CN(c1nc2sc(N3CCC4(CC3)Cc3ccccc3[C@H]4N)nc2s1)c1cccc(Cl)c1Cl. The normalized spacial score (nSPS) is 19.4. The number of hydrogen-bond acceptors (Lipinski definition) is 7. The zero-order valence-corrected chi connectivity index (χ0v) is 21.2. The van der Waals surface area contributed by atoms with E-state index in [-0.39, 0.29) is 11.5 Å². The molecule has 2 aliphatic rings. The van der Waals surface area contributed by atoms with Crippen molar-refractivity contribution in [2.24, 2.45) is 11.1 Å². The van der Waals surface area contributed by atoms with E-state index in [1.165, 1.54) is 11.1 Å². The number of anilines is 3. The smallest absolute Gasteiger partial charge is 0.193 e. The highest BCUT2D eigenvalue weighted by molar-refractivity contribution is 7.30. The number of rotatable bonds is 3. The van der Waals surface area contributed by atoms with Gasteiger partial charge >= 0.3 is 0 Å². The molecule has 4 aromatic rings. The molecular weight excluding hydrogens is 493 g/mol. The summed E-state index contributed by atoms with van der Waals surface area (Å²) < 4.78 is 0. The monoisotopic (exact) mass is 515 g/mol. The van der Waals surface area contributed by atoms with Crippen molar-refractivity contribution in [2.75, 3.05) is 29.9 Å². The molecule has 1 aliphatic carbocycles. The molecule has 0 radical (unpaired) electrons. The largest absolute Gasteiger partial charge is 0.348 e. The number of fused-ring (bicyclic) bond motifs is 2. The first kappa shape index (κ1) is 21.6. The van der Waals surface area contributed by atoms with Crippen molar-refractivity contribution >= 4 is 71.5 Å². The summed E-state index contributed by atoms with van der Waals surface area (Å²) in [5.41, 5.74) is 10.5. The Labute approximate surface area is 210 Å². The van der Waals surface area contributed by atoms with Crippen molar-refractivity contribution in [3.05, 3.63) is 63.6 Å². The average Bonchev–Trinajstić information content (AvgIpc) is 3.47. The van der Waals surface area contributed by atoms with Gasteiger partial charge in [0.15, 0.2) is 19.9 Å². The van der Waals surface area contributed by atoms with E-state index in [1.807, 2.05) is 24.1 Å². The third kappa shape index (κ3) is 3.53. The lowest BCUT2D eigenvalue weighted by Crippen LogP contribution is -2.44. The van der Waals surface area contributed by atoms with Crippen LogP contribution in [-0.4, -0.2) is 30.1 Å². The summed E-state index contributed by atoms with van der Waals surface area (Å²) in [6.07, 6.45) is 3.27. The highest BCUT2D eigenvalue weighted by Crippen LogP contribution is 2.51. The quantitative estimate of drug-likeness (QED) is 0.330. The number of aromatic nitrogens is 2. The molecule has 5 nitrogen and oxygen atoms in total. The molecule has 6 rings (SSSR count). The van der Waals surface area contributed by atoms with Gasteiger partial charge in [-0.2, -0.15) is 0 Å². The van der Waals surface area contributed by atoms with Crippen molar-refractivity contribution in [3.8, 4) is 0 Å². The molecule has 33 heavy (non-hydrogen) atoms. The van der Waals surface area contributed by atoms with E-state index in [1.54, 1.807) is 28.7 Å². The Balaban J connectivity index is 1.19. The Morgan fingerprint density at radius 1 is 1.03 bits per heavy atom. The number of halogens is 2. The zero-order valence-electron chi connectivity index (χ0n) is 18.1. The van der Waals surface area contributed by atoms with Gasteiger partial charge in [-0.05, 0) is 47.9 Å². The van der Waals surface area contributed by atoms with Crippen LogP contribution < -0.4 is 15.5 Å². The fraction of sp³-hybridized carbons (Fsp3) is 0.333. The molecule has 0 amide bonds. The van der Waals surface area contributed by atoms with Crippen LogP contribution in [0.2, 0.25) is 10.0 Å². The maximum absolute atomic E-state index is 6.74. The van der Waals surface area contributed by atoms with Crippen molar-refractivity contribution in [3.63, 3.8) is 0 Å². The van der Waals surface area contributed by atoms with Crippen molar-refractivity contribution in [1.82, 2.24) is 9.97 Å². The maximum Gasteiger partial charge on any atom is 0.193 e. The van der Waals surface area contributed by atoms with Crippen molar-refractivity contribution < 1.29 is 0 Å². The van der Waals surface area contributed by atoms with Gasteiger partial charge in [0, 0.05) is 26.2 Å². The van der Waals surface area contributed by atoms with E-state index in [9.17, 15) is 0 Å². The van der Waals surface area contributed by atoms with E-state index in [0.29, 0.717) is 10.0 Å². The molecule has 0 saturated carbocycles. The summed E-state index contributed by atoms with van der Waals surface area (Å²) in [6.45, 7) is 1.96. The highest BCUT2D eigenvalue weighted by atomic mass is 35.5. The van der Waals surface area contributed by atoms with Gasteiger partial charge in [-0.1, -0.05) is 76.2 Å². The molecule has 2 aromatic carbocycles. The van der Waals surface area contributed by atoms with Gasteiger partial charge in [0.25, 0.3) is 0 Å². The van der Waals surface area contributed by atoms with Crippen LogP contribution in [0.4, 0.5) is 16.0 Å². The summed E-state index contributed by atoms with van der Waals surface area (Å²) >= 11 is 15.8. The minimum Gasteiger partial charge on any atom is -0.348 e. The zero-order chi connectivity index (χ0) is 22.7. The molecule has 1 fully saturated rings. The molecule has 3 heterocycles. The third-order valence-corrected chi connectivity index (χ3v) is 10.1. The second-order valence-corrected chi connectivity index (χ2v) is 11.6. The van der Waals surface area contributed by atoms with Crippen LogP contribution in [-0.2, 0) is 6.42 Å². The molecule has 170 valence electrons. The lowest BCUT2D eigenvalue weighted by Gasteiger charge is -2.42. The molecule has 1 aliphatic heterocycles. The maximum atomic E-state index is 6.74. The lowest BCUT2D eigenvalue weighted by atomic mass is 9.73. The van der Waals surface area contributed by atoms with Crippen molar-refractivity contribution in [1.29, 1.82) is 0 Å². The van der Waals surface area contributed by atoms with Crippen LogP contribution in [0.15, 0.2) is 42.5 Å². The minimum atomic E-state index is 0.133. The predicted molar refractivity (Wildman–Crippen MR) is 141 cm³/mol. The molecule has 0 bridgehead atoms. The summed E-state index contributed by atoms with van der Waals surface area (Å²) in [5.74, 6) is 0. The third-order valence-electron chi connectivity index (χ3n) is 7.15. The van der Waals surface area contributed by atoms with Crippen LogP contribution in [0.5, 0.6) is 0 Å². The number of nitrogens with zero attached hydrogens (tertiary/aromatic N) is 4. The Bertz CT molecular complexity index is 1310. The Hall–Kier alpha value is -1.90. The number of hydrogen-bond donors (Lipinski definition) is 1. The van der Waals surface area contributed by atoms with E-state index in [2.05, 4.69) is 29.2 Å². The number of piperidine rings is 1. The van der Waals surface area contributed by atoms with Crippen LogP contribution >= 0.6 is 45.9 Å². The standard InChI is InChI=1S/C24H23Cl2N5S2/c1-30(17-8-4-7-16(25)18(17)26)22-28-20-21(32-22)29-23(33-20)31-11-9-24(10-12-31)13-14-5-2-3-6-15(14)19(24)27/h2-8,19H,9-13,27H2,1H3/t19-/m1/s1. The van der Waals surface area contributed by atoms with E-state index < -0.39 is 0 Å². The van der Waals surface area contributed by atoms with Gasteiger partial charge in [0.05, 0.1) is 15.7 Å². The molecule has 2 N–H and O–H groups in total. The van der Waals surface area contributed by atoms with Crippen LogP contribution in [0.25, 0.3) is 9.66 Å². The second kappa shape index (κ2) is 8.10. The predicted octanol–water partition coefficient (Wildman–Crippen LogP) is 6.67. The van der Waals surface area contributed by atoms with Gasteiger partial charge in [-0.15, -0.1) is 0 Å². The van der Waals surface area contributed by atoms with E-state index in [4.69, 9.17) is 38.9 Å². The van der Waals surface area contributed by atoms with Crippen LogP contribution in [0, 0.1) is 5.41 Å². The second-order valence-electron chi connectivity index (χ2n) is 8.94. The molecule has 0 unspecified atom stereocenters. The van der Waals surface area contributed by atoms with E-state index in [0.717, 1.165) is 58.0 Å². The summed E-state index contributed by atoms with van der Waals surface area (Å²) in [7, 11) is 1.95. The Morgan fingerprint density at radius 3 is 2.55 bits per heavy atom. The molecule has 1 atom stereocenters.